The van der Waals surface area contributed by atoms with Crippen molar-refractivity contribution in [2.75, 3.05) is 13.7 Å². The normalized spacial score (nSPS) is 10.5. The Bertz CT molecular complexity index is 464. The summed E-state index contributed by atoms with van der Waals surface area (Å²) in [6, 6.07) is 7.71. The second-order valence-electron chi connectivity index (χ2n) is 3.63. The monoisotopic (exact) mass is 232 g/mol. The van der Waals surface area contributed by atoms with Crippen LogP contribution in [0.4, 0.5) is 0 Å². The molecule has 2 aromatic rings. The summed E-state index contributed by atoms with van der Waals surface area (Å²) in [6.45, 7) is 3.73. The number of benzene rings is 1. The minimum atomic E-state index is 0.743. The molecule has 0 radical (unpaired) electrons. The van der Waals surface area contributed by atoms with Gasteiger partial charge in [0.25, 0.3) is 0 Å². The van der Waals surface area contributed by atoms with Gasteiger partial charge in [-0.25, -0.2) is 4.68 Å². The first kappa shape index (κ1) is 11.6. The molecule has 0 aliphatic carbocycles. The molecule has 5 heteroatoms. The van der Waals surface area contributed by atoms with Gasteiger partial charge in [-0.1, -0.05) is 12.1 Å². The molecule has 90 valence electrons. The summed E-state index contributed by atoms with van der Waals surface area (Å²) in [5, 5.41) is 11.4. The third-order valence-electron chi connectivity index (χ3n) is 2.43. The van der Waals surface area contributed by atoms with E-state index in [1.165, 1.54) is 0 Å². The number of methoxy groups -OCH3 is 1. The molecule has 0 bridgehead atoms. The minimum Gasteiger partial charge on any atom is -0.497 e. The number of hydrogen-bond donors (Lipinski definition) is 1. The van der Waals surface area contributed by atoms with E-state index < -0.39 is 0 Å². The van der Waals surface area contributed by atoms with Crippen molar-refractivity contribution in [3.63, 3.8) is 0 Å². The average molecular weight is 232 g/mol. The Morgan fingerprint density at radius 1 is 1.29 bits per heavy atom. The molecular formula is C12H16N4O. The first-order valence-electron chi connectivity index (χ1n) is 5.60. The van der Waals surface area contributed by atoms with E-state index in [0.29, 0.717) is 0 Å². The van der Waals surface area contributed by atoms with Crippen LogP contribution in [-0.4, -0.2) is 28.6 Å². The maximum absolute atomic E-state index is 5.11. The zero-order valence-electron chi connectivity index (χ0n) is 10.1. The van der Waals surface area contributed by atoms with E-state index in [1.807, 2.05) is 30.5 Å². The van der Waals surface area contributed by atoms with Crippen LogP contribution < -0.4 is 10.1 Å². The van der Waals surface area contributed by atoms with E-state index in [0.717, 1.165) is 30.2 Å². The standard InChI is InChI=1S/C12H16N4O/c1-3-13-8-10-9-16(15-14-10)11-4-6-12(17-2)7-5-11/h4-7,9,13H,3,8H2,1-2H3. The van der Waals surface area contributed by atoms with Crippen molar-refractivity contribution >= 4 is 0 Å². The molecule has 1 aromatic heterocycles. The molecule has 1 aromatic carbocycles. The van der Waals surface area contributed by atoms with Crippen LogP contribution in [0.15, 0.2) is 30.5 Å². The molecule has 0 amide bonds. The Morgan fingerprint density at radius 3 is 2.71 bits per heavy atom. The first-order chi connectivity index (χ1) is 8.33. The van der Waals surface area contributed by atoms with Crippen LogP contribution >= 0.6 is 0 Å². The minimum absolute atomic E-state index is 0.743. The lowest BCUT2D eigenvalue weighted by Crippen LogP contribution is -2.11. The van der Waals surface area contributed by atoms with E-state index in [2.05, 4.69) is 22.6 Å². The molecule has 0 aliphatic rings. The molecule has 5 nitrogen and oxygen atoms in total. The number of nitrogens with one attached hydrogen (secondary N) is 1. The van der Waals surface area contributed by atoms with Crippen LogP contribution in [0.5, 0.6) is 5.75 Å². The van der Waals surface area contributed by atoms with Crippen LogP contribution in [0.25, 0.3) is 5.69 Å². The van der Waals surface area contributed by atoms with E-state index in [9.17, 15) is 0 Å². The van der Waals surface area contributed by atoms with Gasteiger partial charge in [-0.2, -0.15) is 0 Å². The van der Waals surface area contributed by atoms with Crippen LogP contribution in [-0.2, 0) is 6.54 Å². The molecule has 0 saturated heterocycles. The zero-order valence-corrected chi connectivity index (χ0v) is 10.1. The van der Waals surface area contributed by atoms with Crippen molar-refractivity contribution in [3.05, 3.63) is 36.2 Å². The van der Waals surface area contributed by atoms with Gasteiger partial charge in [0, 0.05) is 6.54 Å². The number of hydrogen-bond acceptors (Lipinski definition) is 4. The molecule has 2 rings (SSSR count). The van der Waals surface area contributed by atoms with Crippen molar-refractivity contribution in [2.24, 2.45) is 0 Å². The Morgan fingerprint density at radius 2 is 2.06 bits per heavy atom. The predicted octanol–water partition coefficient (Wildman–Crippen LogP) is 1.39. The van der Waals surface area contributed by atoms with Gasteiger partial charge in [-0.3, -0.25) is 0 Å². The molecule has 1 N–H and O–H groups in total. The van der Waals surface area contributed by atoms with Gasteiger partial charge in [0.05, 0.1) is 24.7 Å². The Balaban J connectivity index is 2.12. The smallest absolute Gasteiger partial charge is 0.119 e. The molecule has 1 heterocycles. The summed E-state index contributed by atoms with van der Waals surface area (Å²) in [7, 11) is 1.65. The molecule has 0 saturated carbocycles. The van der Waals surface area contributed by atoms with Crippen molar-refractivity contribution in [1.82, 2.24) is 20.3 Å². The van der Waals surface area contributed by atoms with Gasteiger partial charge in [0.15, 0.2) is 0 Å². The summed E-state index contributed by atoms with van der Waals surface area (Å²) >= 11 is 0. The molecule has 0 aliphatic heterocycles. The second-order valence-corrected chi connectivity index (χ2v) is 3.63. The maximum Gasteiger partial charge on any atom is 0.119 e. The Kier molecular flexibility index (Phi) is 3.72. The highest BCUT2D eigenvalue weighted by atomic mass is 16.5. The fourth-order valence-corrected chi connectivity index (χ4v) is 1.49. The first-order valence-corrected chi connectivity index (χ1v) is 5.60. The molecule has 0 atom stereocenters. The van der Waals surface area contributed by atoms with E-state index in [1.54, 1.807) is 11.8 Å². The fourth-order valence-electron chi connectivity index (χ4n) is 1.49. The molecule has 0 unspecified atom stereocenters. The van der Waals surface area contributed by atoms with Gasteiger partial charge in [0.2, 0.25) is 0 Å². The topological polar surface area (TPSA) is 52.0 Å². The van der Waals surface area contributed by atoms with Crippen LogP contribution in [0.1, 0.15) is 12.6 Å². The fraction of sp³-hybridized carbons (Fsp3) is 0.333. The van der Waals surface area contributed by atoms with Gasteiger partial charge in [0.1, 0.15) is 5.75 Å². The highest BCUT2D eigenvalue weighted by Gasteiger charge is 2.02. The number of rotatable bonds is 5. The Labute approximate surface area is 100 Å². The van der Waals surface area contributed by atoms with Crippen molar-refractivity contribution < 1.29 is 4.74 Å². The maximum atomic E-state index is 5.11. The number of aromatic nitrogens is 3. The van der Waals surface area contributed by atoms with Crippen LogP contribution in [0, 0.1) is 0 Å². The number of ether oxygens (including phenoxy) is 1. The third kappa shape index (κ3) is 2.82. The predicted molar refractivity (Wildman–Crippen MR) is 65.3 cm³/mol. The highest BCUT2D eigenvalue weighted by Crippen LogP contribution is 2.14. The van der Waals surface area contributed by atoms with Gasteiger partial charge < -0.3 is 10.1 Å². The average Bonchev–Trinajstić information content (AvgIpc) is 2.85. The summed E-state index contributed by atoms with van der Waals surface area (Å²) in [5.74, 6) is 0.835. The summed E-state index contributed by atoms with van der Waals surface area (Å²) in [4.78, 5) is 0. The third-order valence-corrected chi connectivity index (χ3v) is 2.43. The van der Waals surface area contributed by atoms with Gasteiger partial charge >= 0.3 is 0 Å². The second kappa shape index (κ2) is 5.45. The molecule has 0 spiro atoms. The quantitative estimate of drug-likeness (QED) is 0.846. The van der Waals surface area contributed by atoms with Crippen LogP contribution in [0.3, 0.4) is 0 Å². The lowest BCUT2D eigenvalue weighted by molar-refractivity contribution is 0.414. The molecule has 17 heavy (non-hydrogen) atoms. The number of nitrogens with zero attached hydrogens (tertiary/aromatic N) is 3. The molecular weight excluding hydrogens is 216 g/mol. The summed E-state index contributed by atoms with van der Waals surface area (Å²) < 4.78 is 6.86. The van der Waals surface area contributed by atoms with E-state index in [4.69, 9.17) is 4.74 Å². The van der Waals surface area contributed by atoms with Gasteiger partial charge in [-0.15, -0.1) is 5.10 Å². The van der Waals surface area contributed by atoms with E-state index in [-0.39, 0.29) is 0 Å². The Hall–Kier alpha value is -1.88. The summed E-state index contributed by atoms with van der Waals surface area (Å²) in [6.07, 6.45) is 1.92. The lowest BCUT2D eigenvalue weighted by atomic mass is 10.3. The van der Waals surface area contributed by atoms with E-state index >= 15 is 0 Å². The van der Waals surface area contributed by atoms with Crippen molar-refractivity contribution in [2.45, 2.75) is 13.5 Å². The highest BCUT2D eigenvalue weighted by molar-refractivity contribution is 5.36. The molecule has 0 fully saturated rings. The van der Waals surface area contributed by atoms with Crippen LogP contribution in [0.2, 0.25) is 0 Å². The summed E-state index contributed by atoms with van der Waals surface area (Å²) in [5.41, 5.74) is 1.91. The van der Waals surface area contributed by atoms with Gasteiger partial charge in [-0.05, 0) is 30.8 Å². The van der Waals surface area contributed by atoms with Crippen molar-refractivity contribution in [3.8, 4) is 11.4 Å². The van der Waals surface area contributed by atoms with Crippen molar-refractivity contribution in [1.29, 1.82) is 0 Å². The largest absolute Gasteiger partial charge is 0.497 e. The SMILES string of the molecule is CCNCc1cn(-c2ccc(OC)cc2)nn1. The zero-order chi connectivity index (χ0) is 12.1. The lowest BCUT2D eigenvalue weighted by Gasteiger charge is -2.02.